The molecule has 0 spiro atoms. The van der Waals surface area contributed by atoms with Gasteiger partial charge in [-0.05, 0) is 37.3 Å². The van der Waals surface area contributed by atoms with Crippen LogP contribution in [0.5, 0.6) is 0 Å². The Balaban J connectivity index is 1.78. The molecule has 0 amide bonds. The lowest BCUT2D eigenvalue weighted by Gasteiger charge is -2.07. The highest BCUT2D eigenvalue weighted by atomic mass is 32.2. The number of aryl methyl sites for hydroxylation is 1. The van der Waals surface area contributed by atoms with Crippen molar-refractivity contribution in [1.82, 2.24) is 9.55 Å². The van der Waals surface area contributed by atoms with E-state index in [-0.39, 0.29) is 10.6 Å². The third kappa shape index (κ3) is 2.83. The van der Waals surface area contributed by atoms with Crippen LogP contribution >= 0.6 is 0 Å². The van der Waals surface area contributed by atoms with E-state index in [1.54, 1.807) is 12.1 Å². The predicted molar refractivity (Wildman–Crippen MR) is 104 cm³/mol. The summed E-state index contributed by atoms with van der Waals surface area (Å²) in [6.45, 7) is 2.87. The number of sulfonamides is 1. The lowest BCUT2D eigenvalue weighted by molar-refractivity contribution is 0.0691. The molecule has 3 N–H and O–H groups in total. The number of para-hydroxylation sites is 1. The molecule has 4 rings (SSSR count). The first-order valence-corrected chi connectivity index (χ1v) is 9.84. The van der Waals surface area contributed by atoms with Gasteiger partial charge in [0.15, 0.2) is 0 Å². The molecule has 0 aliphatic carbocycles. The highest BCUT2D eigenvalue weighted by Crippen LogP contribution is 2.31. The maximum absolute atomic E-state index is 12.6. The number of hydrogen-bond acceptors (Lipinski definition) is 3. The van der Waals surface area contributed by atoms with Gasteiger partial charge in [-0.15, -0.1) is 0 Å². The van der Waals surface area contributed by atoms with Gasteiger partial charge in [0.25, 0.3) is 10.0 Å². The van der Waals surface area contributed by atoms with Crippen LogP contribution in [0.2, 0.25) is 0 Å². The summed E-state index contributed by atoms with van der Waals surface area (Å²) in [5.74, 6) is -1.22. The Morgan fingerprint density at radius 1 is 1.11 bits per heavy atom. The highest BCUT2D eigenvalue weighted by molar-refractivity contribution is 7.92. The molecule has 27 heavy (non-hydrogen) atoms. The normalized spacial score (nSPS) is 11.9. The number of benzene rings is 2. The number of carbonyl (C=O) groups is 1. The number of carboxylic acid groups (broad SMARTS) is 1. The molecule has 138 valence electrons. The quantitative estimate of drug-likeness (QED) is 0.489. The number of H-pyrrole nitrogens is 1. The minimum Gasteiger partial charge on any atom is -0.477 e. The summed E-state index contributed by atoms with van der Waals surface area (Å²) in [6, 6.07) is 14.4. The van der Waals surface area contributed by atoms with Crippen LogP contribution in [0.15, 0.2) is 59.6 Å². The van der Waals surface area contributed by atoms with Crippen molar-refractivity contribution in [3.63, 3.8) is 0 Å². The van der Waals surface area contributed by atoms with E-state index in [1.165, 1.54) is 0 Å². The van der Waals surface area contributed by atoms with Crippen LogP contribution in [0.4, 0.5) is 5.69 Å². The fourth-order valence-corrected chi connectivity index (χ4v) is 4.37. The van der Waals surface area contributed by atoms with E-state index < -0.39 is 16.0 Å². The van der Waals surface area contributed by atoms with Crippen LogP contribution < -0.4 is 4.72 Å². The second kappa shape index (κ2) is 6.17. The van der Waals surface area contributed by atoms with Crippen molar-refractivity contribution >= 4 is 43.5 Å². The van der Waals surface area contributed by atoms with Crippen LogP contribution in [-0.2, 0) is 16.6 Å². The summed E-state index contributed by atoms with van der Waals surface area (Å²) in [5.41, 5.74) is 2.35. The number of nitrogens with zero attached hydrogens (tertiary/aromatic N) is 1. The molecule has 0 fully saturated rings. The van der Waals surface area contributed by atoms with Gasteiger partial charge in [0.1, 0.15) is 10.6 Å². The molecule has 8 heteroatoms. The van der Waals surface area contributed by atoms with Crippen molar-refractivity contribution in [3.8, 4) is 0 Å². The maximum Gasteiger partial charge on any atom is 0.352 e. The molecule has 0 bridgehead atoms. The molecule has 0 saturated heterocycles. The molecule has 2 heterocycles. The number of aromatic nitrogens is 2. The highest BCUT2D eigenvalue weighted by Gasteiger charge is 2.19. The molecule has 2 aromatic heterocycles. The van der Waals surface area contributed by atoms with E-state index >= 15 is 0 Å². The average molecular weight is 383 g/mol. The number of rotatable bonds is 5. The summed E-state index contributed by atoms with van der Waals surface area (Å²) in [4.78, 5) is 13.3. The molecule has 2 aromatic carbocycles. The third-order valence-corrected chi connectivity index (χ3v) is 5.90. The van der Waals surface area contributed by atoms with Crippen molar-refractivity contribution in [3.05, 3.63) is 60.4 Å². The van der Waals surface area contributed by atoms with Crippen molar-refractivity contribution in [2.45, 2.75) is 18.4 Å². The lowest BCUT2D eigenvalue weighted by atomic mass is 10.1. The number of aromatic carboxylic acids is 1. The van der Waals surface area contributed by atoms with Crippen LogP contribution in [0.3, 0.4) is 0 Å². The van der Waals surface area contributed by atoms with Gasteiger partial charge in [-0.1, -0.05) is 18.2 Å². The molecule has 0 atom stereocenters. The zero-order valence-corrected chi connectivity index (χ0v) is 15.2. The number of anilines is 1. The second-order valence-electron chi connectivity index (χ2n) is 6.15. The van der Waals surface area contributed by atoms with E-state index in [4.69, 9.17) is 5.11 Å². The minimum atomic E-state index is -3.90. The van der Waals surface area contributed by atoms with E-state index in [0.29, 0.717) is 5.69 Å². The summed E-state index contributed by atoms with van der Waals surface area (Å²) in [7, 11) is -3.90. The first kappa shape index (κ1) is 17.2. The fraction of sp³-hybridized carbons (Fsp3) is 0.105. The Morgan fingerprint density at radius 2 is 1.85 bits per heavy atom. The topological polar surface area (TPSA) is 104 Å². The Bertz CT molecular complexity index is 1290. The van der Waals surface area contributed by atoms with Crippen molar-refractivity contribution < 1.29 is 18.3 Å². The summed E-state index contributed by atoms with van der Waals surface area (Å²) < 4.78 is 29.8. The molecule has 4 aromatic rings. The monoisotopic (exact) mass is 383 g/mol. The maximum atomic E-state index is 12.6. The Kier molecular flexibility index (Phi) is 3.92. The number of fused-ring (bicyclic) bond motifs is 3. The van der Waals surface area contributed by atoms with Crippen LogP contribution in [-0.4, -0.2) is 29.0 Å². The van der Waals surface area contributed by atoms with E-state index in [9.17, 15) is 13.2 Å². The van der Waals surface area contributed by atoms with Gasteiger partial charge in [-0.3, -0.25) is 4.72 Å². The number of aromatic amines is 1. The van der Waals surface area contributed by atoms with Gasteiger partial charge in [0, 0.05) is 40.2 Å². The standard InChI is InChI=1S/C19H17N3O4S/c1-2-22-17-6-4-3-5-14(17)15-9-12(7-8-18(15)22)21-27(25,26)13-10-16(19(23)24)20-11-13/h3-11,20-21H,2H2,1H3,(H,23,24). The second-order valence-corrected chi connectivity index (χ2v) is 7.84. The largest absolute Gasteiger partial charge is 0.477 e. The average Bonchev–Trinajstić information content (AvgIpc) is 3.25. The Hall–Kier alpha value is -3.26. The Labute approximate surface area is 155 Å². The van der Waals surface area contributed by atoms with E-state index in [2.05, 4.69) is 21.2 Å². The first-order chi connectivity index (χ1) is 12.9. The summed E-state index contributed by atoms with van der Waals surface area (Å²) in [6.07, 6.45) is 1.16. The smallest absolute Gasteiger partial charge is 0.352 e. The molecule has 0 radical (unpaired) electrons. The lowest BCUT2D eigenvalue weighted by Crippen LogP contribution is -2.12. The summed E-state index contributed by atoms with van der Waals surface area (Å²) >= 11 is 0. The molecule has 7 nitrogen and oxygen atoms in total. The third-order valence-electron chi connectivity index (χ3n) is 4.54. The van der Waals surface area contributed by atoms with Crippen molar-refractivity contribution in [1.29, 1.82) is 0 Å². The van der Waals surface area contributed by atoms with Crippen LogP contribution in [0, 0.1) is 0 Å². The van der Waals surface area contributed by atoms with Gasteiger partial charge < -0.3 is 14.7 Å². The predicted octanol–water partition coefficient (Wildman–Crippen LogP) is 3.64. The Morgan fingerprint density at radius 3 is 2.56 bits per heavy atom. The zero-order valence-electron chi connectivity index (χ0n) is 14.4. The van der Waals surface area contributed by atoms with Gasteiger partial charge in [0.05, 0.1) is 0 Å². The van der Waals surface area contributed by atoms with Crippen molar-refractivity contribution in [2.75, 3.05) is 4.72 Å². The molecule has 0 aliphatic rings. The van der Waals surface area contributed by atoms with Crippen molar-refractivity contribution in [2.24, 2.45) is 0 Å². The first-order valence-electron chi connectivity index (χ1n) is 8.36. The van der Waals surface area contributed by atoms with Gasteiger partial charge in [-0.2, -0.15) is 0 Å². The fourth-order valence-electron chi connectivity index (χ4n) is 3.33. The molecule has 0 aliphatic heterocycles. The SMILES string of the molecule is CCn1c2ccccc2c2cc(NS(=O)(=O)c3c[nH]c(C(=O)O)c3)ccc21. The number of hydrogen-bond donors (Lipinski definition) is 3. The van der Waals surface area contributed by atoms with Gasteiger partial charge in [-0.25, -0.2) is 13.2 Å². The minimum absolute atomic E-state index is 0.129. The zero-order chi connectivity index (χ0) is 19.2. The van der Waals surface area contributed by atoms with E-state index in [1.807, 2.05) is 30.3 Å². The molecular weight excluding hydrogens is 366 g/mol. The number of nitrogens with one attached hydrogen (secondary N) is 2. The number of carboxylic acids is 1. The molecule has 0 saturated carbocycles. The van der Waals surface area contributed by atoms with Gasteiger partial charge >= 0.3 is 5.97 Å². The van der Waals surface area contributed by atoms with Crippen LogP contribution in [0.25, 0.3) is 21.8 Å². The molecule has 0 unspecified atom stereocenters. The van der Waals surface area contributed by atoms with Gasteiger partial charge in [0.2, 0.25) is 0 Å². The molecular formula is C19H17N3O4S. The summed E-state index contributed by atoms with van der Waals surface area (Å²) in [5, 5.41) is 10.9. The van der Waals surface area contributed by atoms with E-state index in [0.717, 1.165) is 40.6 Å². The van der Waals surface area contributed by atoms with Crippen LogP contribution in [0.1, 0.15) is 17.4 Å².